The molecular formula is C37H33N7O3S. The smallest absolute Gasteiger partial charge is 0.262 e. The zero-order valence-corrected chi connectivity index (χ0v) is 26.8. The molecule has 1 saturated heterocycles. The van der Waals surface area contributed by atoms with Crippen molar-refractivity contribution in [1.29, 1.82) is 0 Å². The molecule has 1 atom stereocenters. The molecule has 240 valence electrons. The molecule has 3 N–H and O–H groups in total. The average Bonchev–Trinajstić information content (AvgIpc) is 3.75. The Kier molecular flexibility index (Phi) is 8.78. The quantitative estimate of drug-likeness (QED) is 0.157. The molecule has 0 aliphatic carbocycles. The first-order valence-electron chi connectivity index (χ1n) is 15.7. The van der Waals surface area contributed by atoms with Crippen LogP contribution < -0.4 is 16.0 Å². The maximum Gasteiger partial charge on any atom is 0.262 e. The Morgan fingerprint density at radius 3 is 2.23 bits per heavy atom. The van der Waals surface area contributed by atoms with Crippen molar-refractivity contribution in [2.24, 2.45) is 0 Å². The van der Waals surface area contributed by atoms with Gasteiger partial charge in [-0.3, -0.25) is 24.2 Å². The van der Waals surface area contributed by atoms with Crippen molar-refractivity contribution in [1.82, 2.24) is 19.8 Å². The van der Waals surface area contributed by atoms with Gasteiger partial charge in [-0.05, 0) is 46.8 Å². The number of nitrogens with zero attached hydrogens (tertiary/aromatic N) is 5. The molecule has 2 aliphatic heterocycles. The Labute approximate surface area is 282 Å². The third kappa shape index (κ3) is 6.46. The van der Waals surface area contributed by atoms with Crippen molar-refractivity contribution >= 4 is 52.5 Å². The van der Waals surface area contributed by atoms with Crippen LogP contribution in [0.1, 0.15) is 36.6 Å². The third-order valence-corrected chi connectivity index (χ3v) is 9.49. The highest BCUT2D eigenvalue weighted by Gasteiger charge is 2.39. The molecule has 1 unspecified atom stereocenters. The van der Waals surface area contributed by atoms with Gasteiger partial charge in [0.15, 0.2) is 0 Å². The number of carbonyl (C=O) groups is 3. The summed E-state index contributed by atoms with van der Waals surface area (Å²) in [6.07, 6.45) is 6.96. The fourth-order valence-corrected chi connectivity index (χ4v) is 6.70. The van der Waals surface area contributed by atoms with Gasteiger partial charge in [0.05, 0.1) is 34.1 Å². The summed E-state index contributed by atoms with van der Waals surface area (Å²) >= 11 is 1.62. The van der Waals surface area contributed by atoms with Crippen LogP contribution in [-0.2, 0) is 0 Å². The molecular weight excluding hydrogens is 623 g/mol. The Morgan fingerprint density at radius 2 is 1.56 bits per heavy atom. The number of thiophene rings is 1. The van der Waals surface area contributed by atoms with Crippen molar-refractivity contribution < 1.29 is 14.4 Å². The minimum absolute atomic E-state index is 0.271. The minimum Gasteiger partial charge on any atom is -0.397 e. The number of fused-ring (bicyclic) bond motifs is 1. The lowest BCUT2D eigenvalue weighted by atomic mass is 10.1. The highest BCUT2D eigenvalue weighted by Crippen LogP contribution is 2.31. The number of imide groups is 1. The highest BCUT2D eigenvalue weighted by molar-refractivity contribution is 7.13. The van der Waals surface area contributed by atoms with E-state index >= 15 is 0 Å². The molecule has 0 bridgehead atoms. The predicted octanol–water partition coefficient (Wildman–Crippen LogP) is 5.54. The van der Waals surface area contributed by atoms with Crippen molar-refractivity contribution in [3.05, 3.63) is 131 Å². The van der Waals surface area contributed by atoms with Crippen LogP contribution in [-0.4, -0.2) is 76.3 Å². The number of benzene rings is 3. The van der Waals surface area contributed by atoms with Crippen LogP contribution in [0, 0.1) is 0 Å². The second kappa shape index (κ2) is 13.6. The number of piperazine rings is 1. The summed E-state index contributed by atoms with van der Waals surface area (Å²) in [7, 11) is 0. The van der Waals surface area contributed by atoms with E-state index in [0.29, 0.717) is 66.7 Å². The Morgan fingerprint density at radius 1 is 0.875 bits per heavy atom. The van der Waals surface area contributed by atoms with Gasteiger partial charge < -0.3 is 16.0 Å². The number of carbonyl (C=O) groups excluding carboxylic acids is 3. The summed E-state index contributed by atoms with van der Waals surface area (Å²) in [6, 6.07) is 26.0. The van der Waals surface area contributed by atoms with Gasteiger partial charge in [0.2, 0.25) is 5.95 Å². The zero-order valence-electron chi connectivity index (χ0n) is 26.0. The summed E-state index contributed by atoms with van der Waals surface area (Å²) < 4.78 is 0. The SMILES string of the molecule is Nc1ccc(-c2cccs2)cc1NC(=O)c1cnc(N2CCN(CC(/C=C/c3ccccc3)N3C(=O)c4ccccc4C3=O)CC2)nc1. The van der Waals surface area contributed by atoms with E-state index in [9.17, 15) is 14.4 Å². The molecule has 11 heteroatoms. The summed E-state index contributed by atoms with van der Waals surface area (Å²) in [5, 5.41) is 4.89. The van der Waals surface area contributed by atoms with Crippen LogP contribution in [0.4, 0.5) is 17.3 Å². The van der Waals surface area contributed by atoms with E-state index in [2.05, 4.69) is 25.1 Å². The first-order valence-corrected chi connectivity index (χ1v) is 16.6. The number of nitrogens with two attached hydrogens (primary N) is 1. The van der Waals surface area contributed by atoms with E-state index in [1.54, 1.807) is 41.7 Å². The lowest BCUT2D eigenvalue weighted by molar-refractivity contribution is 0.0582. The molecule has 0 spiro atoms. The van der Waals surface area contributed by atoms with E-state index in [-0.39, 0.29) is 17.7 Å². The van der Waals surface area contributed by atoms with Gasteiger partial charge in [-0.15, -0.1) is 11.3 Å². The second-order valence-electron chi connectivity index (χ2n) is 11.7. The average molecular weight is 656 g/mol. The first kappa shape index (κ1) is 31.0. The van der Waals surface area contributed by atoms with Gasteiger partial charge in [-0.1, -0.05) is 66.7 Å². The van der Waals surface area contributed by atoms with Crippen molar-refractivity contribution in [3.8, 4) is 10.4 Å². The van der Waals surface area contributed by atoms with Crippen LogP contribution in [0.2, 0.25) is 0 Å². The Bertz CT molecular complexity index is 1940. The molecule has 5 aromatic rings. The number of rotatable bonds is 9. The van der Waals surface area contributed by atoms with Crippen LogP contribution >= 0.6 is 11.3 Å². The maximum atomic E-state index is 13.4. The molecule has 3 aromatic carbocycles. The molecule has 7 rings (SSSR count). The van der Waals surface area contributed by atoms with Gasteiger partial charge in [-0.2, -0.15) is 0 Å². The number of nitrogen functional groups attached to an aromatic ring is 1. The highest BCUT2D eigenvalue weighted by atomic mass is 32.1. The lowest BCUT2D eigenvalue weighted by Crippen LogP contribution is -2.52. The number of nitrogens with one attached hydrogen (secondary N) is 1. The van der Waals surface area contributed by atoms with Gasteiger partial charge in [0, 0.05) is 50.0 Å². The normalized spacial score (nSPS) is 15.6. The molecule has 2 aliphatic rings. The maximum absolute atomic E-state index is 13.4. The van der Waals surface area contributed by atoms with Crippen molar-refractivity contribution in [2.45, 2.75) is 6.04 Å². The Balaban J connectivity index is 0.995. The molecule has 0 radical (unpaired) electrons. The standard InChI is InChI=1S/C37H33N7O3S/c38-31-15-13-26(33-11-6-20-48-33)21-32(31)41-34(45)27-22-39-37(40-23-27)43-18-16-42(17-19-43)24-28(14-12-25-7-2-1-3-8-25)44-35(46)29-9-4-5-10-30(29)36(44)47/h1-15,20-23,28H,16-19,24,38H2,(H,41,45)/b14-12+. The molecule has 0 saturated carbocycles. The lowest BCUT2D eigenvalue weighted by Gasteiger charge is -2.37. The van der Waals surface area contributed by atoms with E-state index in [4.69, 9.17) is 5.73 Å². The summed E-state index contributed by atoms with van der Waals surface area (Å²) in [5.74, 6) is -0.352. The number of hydrogen-bond acceptors (Lipinski definition) is 9. The van der Waals surface area contributed by atoms with Gasteiger partial charge >= 0.3 is 0 Å². The molecule has 48 heavy (non-hydrogen) atoms. The number of amides is 3. The Hall–Kier alpha value is -5.65. The van der Waals surface area contributed by atoms with Gasteiger partial charge in [0.25, 0.3) is 17.7 Å². The number of anilines is 3. The molecule has 1 fully saturated rings. The van der Waals surface area contributed by atoms with Crippen LogP contribution in [0.5, 0.6) is 0 Å². The van der Waals surface area contributed by atoms with Crippen molar-refractivity contribution in [3.63, 3.8) is 0 Å². The minimum atomic E-state index is -0.446. The summed E-state index contributed by atoms with van der Waals surface area (Å²) in [4.78, 5) is 55.6. The van der Waals surface area contributed by atoms with E-state index in [1.165, 1.54) is 17.3 Å². The first-order chi connectivity index (χ1) is 23.4. The van der Waals surface area contributed by atoms with Crippen LogP contribution in [0.15, 0.2) is 109 Å². The van der Waals surface area contributed by atoms with E-state index < -0.39 is 6.04 Å². The van der Waals surface area contributed by atoms with Gasteiger partial charge in [-0.25, -0.2) is 9.97 Å². The molecule has 4 heterocycles. The number of hydrogen-bond donors (Lipinski definition) is 2. The summed E-state index contributed by atoms with van der Waals surface area (Å²) in [5.41, 5.74) is 10.3. The van der Waals surface area contributed by atoms with Crippen LogP contribution in [0.25, 0.3) is 16.5 Å². The summed E-state index contributed by atoms with van der Waals surface area (Å²) in [6.45, 7) is 3.16. The van der Waals surface area contributed by atoms with Crippen LogP contribution in [0.3, 0.4) is 0 Å². The molecule has 3 amide bonds. The predicted molar refractivity (Wildman–Crippen MR) is 189 cm³/mol. The van der Waals surface area contributed by atoms with Gasteiger partial charge in [0.1, 0.15) is 0 Å². The van der Waals surface area contributed by atoms with E-state index in [1.807, 2.05) is 72.1 Å². The fourth-order valence-electron chi connectivity index (χ4n) is 5.98. The molecule has 10 nitrogen and oxygen atoms in total. The second-order valence-corrected chi connectivity index (χ2v) is 12.6. The third-order valence-electron chi connectivity index (χ3n) is 8.58. The fraction of sp³-hybridized carbons (Fsp3) is 0.162. The monoisotopic (exact) mass is 655 g/mol. The zero-order chi connectivity index (χ0) is 33.0. The number of aromatic nitrogens is 2. The van der Waals surface area contributed by atoms with E-state index in [0.717, 1.165) is 16.0 Å². The molecule has 2 aromatic heterocycles. The topological polar surface area (TPSA) is 125 Å². The van der Waals surface area contributed by atoms with Crippen molar-refractivity contribution in [2.75, 3.05) is 48.7 Å². The largest absolute Gasteiger partial charge is 0.397 e.